The van der Waals surface area contributed by atoms with Gasteiger partial charge in [0.15, 0.2) is 0 Å². The lowest BCUT2D eigenvalue weighted by molar-refractivity contribution is 0.731. The van der Waals surface area contributed by atoms with E-state index in [0.29, 0.717) is 5.02 Å². The molecule has 0 saturated heterocycles. The summed E-state index contributed by atoms with van der Waals surface area (Å²) in [5, 5.41) is 13.1. The fourth-order valence-corrected chi connectivity index (χ4v) is 2.66. The number of anilines is 2. The van der Waals surface area contributed by atoms with Gasteiger partial charge in [-0.3, -0.25) is 4.68 Å². The molecule has 0 fully saturated rings. The van der Waals surface area contributed by atoms with Crippen LogP contribution in [0.15, 0.2) is 30.3 Å². The molecule has 3 rings (SSSR count). The van der Waals surface area contributed by atoms with E-state index >= 15 is 0 Å². The van der Waals surface area contributed by atoms with E-state index in [9.17, 15) is 0 Å². The molecule has 0 aliphatic carbocycles. The van der Waals surface area contributed by atoms with Gasteiger partial charge in [-0.05, 0) is 39.0 Å². The Bertz CT molecular complexity index is 831. The van der Waals surface area contributed by atoms with Crippen molar-refractivity contribution >= 4 is 23.1 Å². The standard InChI is InChI=1S/C16H18ClN5/c1-10-8-15(18-16-11(2)20-21(4)12(16)3)22(19-10)14-7-5-6-13(17)9-14/h5-9,18H,1-4H3. The first-order valence-electron chi connectivity index (χ1n) is 7.05. The van der Waals surface area contributed by atoms with Crippen LogP contribution in [-0.2, 0) is 7.05 Å². The number of nitrogens with one attached hydrogen (secondary N) is 1. The van der Waals surface area contributed by atoms with Gasteiger partial charge in [-0.1, -0.05) is 17.7 Å². The molecule has 3 aromatic rings. The fourth-order valence-electron chi connectivity index (χ4n) is 2.48. The van der Waals surface area contributed by atoms with Crippen molar-refractivity contribution in [2.45, 2.75) is 20.8 Å². The molecule has 2 aromatic heterocycles. The number of aromatic nitrogens is 4. The van der Waals surface area contributed by atoms with E-state index in [4.69, 9.17) is 11.6 Å². The lowest BCUT2D eigenvalue weighted by atomic mass is 10.3. The highest BCUT2D eigenvalue weighted by molar-refractivity contribution is 6.30. The zero-order valence-electron chi connectivity index (χ0n) is 13.1. The highest BCUT2D eigenvalue weighted by atomic mass is 35.5. The monoisotopic (exact) mass is 315 g/mol. The molecule has 2 heterocycles. The molecule has 0 unspecified atom stereocenters. The van der Waals surface area contributed by atoms with Crippen LogP contribution in [0.5, 0.6) is 0 Å². The van der Waals surface area contributed by atoms with Crippen LogP contribution < -0.4 is 5.32 Å². The highest BCUT2D eigenvalue weighted by Gasteiger charge is 2.14. The summed E-state index contributed by atoms with van der Waals surface area (Å²) in [6.07, 6.45) is 0. The second-order valence-corrected chi connectivity index (χ2v) is 5.79. The molecule has 1 aromatic carbocycles. The maximum atomic E-state index is 6.09. The van der Waals surface area contributed by atoms with Crippen molar-refractivity contribution in [2.75, 3.05) is 5.32 Å². The lowest BCUT2D eigenvalue weighted by Crippen LogP contribution is -2.03. The Hall–Kier alpha value is -2.27. The molecule has 0 atom stereocenters. The Kier molecular flexibility index (Phi) is 3.66. The maximum Gasteiger partial charge on any atom is 0.134 e. The van der Waals surface area contributed by atoms with Crippen molar-refractivity contribution in [3.8, 4) is 5.69 Å². The summed E-state index contributed by atoms with van der Waals surface area (Å²) in [6.45, 7) is 5.99. The third kappa shape index (κ3) is 2.60. The van der Waals surface area contributed by atoms with Crippen LogP contribution in [0.25, 0.3) is 5.69 Å². The molecule has 22 heavy (non-hydrogen) atoms. The number of hydrogen-bond donors (Lipinski definition) is 1. The second-order valence-electron chi connectivity index (χ2n) is 5.36. The van der Waals surface area contributed by atoms with E-state index < -0.39 is 0 Å². The Balaban J connectivity index is 2.05. The fraction of sp³-hybridized carbons (Fsp3) is 0.250. The molecule has 5 nitrogen and oxygen atoms in total. The van der Waals surface area contributed by atoms with Crippen molar-refractivity contribution in [1.82, 2.24) is 19.6 Å². The minimum absolute atomic E-state index is 0.686. The minimum atomic E-state index is 0.686. The van der Waals surface area contributed by atoms with Gasteiger partial charge in [0.25, 0.3) is 0 Å². The van der Waals surface area contributed by atoms with Crippen molar-refractivity contribution in [1.29, 1.82) is 0 Å². The molecule has 0 saturated carbocycles. The van der Waals surface area contributed by atoms with E-state index in [2.05, 4.69) is 15.5 Å². The molecule has 1 N–H and O–H groups in total. The van der Waals surface area contributed by atoms with Gasteiger partial charge in [-0.15, -0.1) is 0 Å². The smallest absolute Gasteiger partial charge is 0.134 e. The van der Waals surface area contributed by atoms with Gasteiger partial charge in [0.1, 0.15) is 5.82 Å². The molecule has 0 bridgehead atoms. The molecule has 114 valence electrons. The summed E-state index contributed by atoms with van der Waals surface area (Å²) in [5.41, 5.74) is 4.89. The molecular weight excluding hydrogens is 298 g/mol. The number of aryl methyl sites for hydroxylation is 3. The van der Waals surface area contributed by atoms with Gasteiger partial charge in [0, 0.05) is 18.1 Å². The molecule has 0 aliphatic heterocycles. The van der Waals surface area contributed by atoms with Crippen LogP contribution in [0.4, 0.5) is 11.5 Å². The first-order valence-corrected chi connectivity index (χ1v) is 7.43. The predicted molar refractivity (Wildman–Crippen MR) is 89.3 cm³/mol. The van der Waals surface area contributed by atoms with Crippen LogP contribution in [0.3, 0.4) is 0 Å². The molecule has 0 spiro atoms. The summed E-state index contributed by atoms with van der Waals surface area (Å²) in [6, 6.07) is 9.64. The Morgan fingerprint density at radius 3 is 2.50 bits per heavy atom. The first kappa shape index (κ1) is 14.7. The van der Waals surface area contributed by atoms with E-state index in [1.165, 1.54) is 0 Å². The SMILES string of the molecule is Cc1cc(Nc2c(C)nn(C)c2C)n(-c2cccc(Cl)c2)n1. The summed E-state index contributed by atoms with van der Waals surface area (Å²) >= 11 is 6.09. The zero-order chi connectivity index (χ0) is 15.9. The van der Waals surface area contributed by atoms with Gasteiger partial charge in [0.05, 0.1) is 28.5 Å². The largest absolute Gasteiger partial charge is 0.337 e. The summed E-state index contributed by atoms with van der Waals surface area (Å²) in [7, 11) is 1.94. The number of halogens is 1. The number of nitrogens with zero attached hydrogens (tertiary/aromatic N) is 4. The average molecular weight is 316 g/mol. The van der Waals surface area contributed by atoms with E-state index in [0.717, 1.165) is 34.3 Å². The highest BCUT2D eigenvalue weighted by Crippen LogP contribution is 2.26. The molecule has 0 radical (unpaired) electrons. The van der Waals surface area contributed by atoms with E-state index in [1.807, 2.05) is 67.5 Å². The number of benzene rings is 1. The normalized spacial score (nSPS) is 11.0. The number of hydrogen-bond acceptors (Lipinski definition) is 3. The quantitative estimate of drug-likeness (QED) is 0.796. The predicted octanol–water partition coefficient (Wildman–Crippen LogP) is 3.93. The molecular formula is C16H18ClN5. The van der Waals surface area contributed by atoms with Gasteiger partial charge in [-0.25, -0.2) is 4.68 Å². The van der Waals surface area contributed by atoms with Crippen LogP contribution in [-0.4, -0.2) is 19.6 Å². The summed E-state index contributed by atoms with van der Waals surface area (Å²) in [4.78, 5) is 0. The van der Waals surface area contributed by atoms with Crippen LogP contribution >= 0.6 is 11.6 Å². The first-order chi connectivity index (χ1) is 10.5. The van der Waals surface area contributed by atoms with Crippen LogP contribution in [0.2, 0.25) is 5.02 Å². The van der Waals surface area contributed by atoms with Crippen LogP contribution in [0, 0.1) is 20.8 Å². The van der Waals surface area contributed by atoms with Crippen molar-refractivity contribution < 1.29 is 0 Å². The third-order valence-electron chi connectivity index (χ3n) is 3.65. The summed E-state index contributed by atoms with van der Waals surface area (Å²) in [5.74, 6) is 0.888. The van der Waals surface area contributed by atoms with Gasteiger partial charge in [0.2, 0.25) is 0 Å². The Morgan fingerprint density at radius 1 is 1.09 bits per heavy atom. The van der Waals surface area contributed by atoms with Crippen molar-refractivity contribution in [3.63, 3.8) is 0 Å². The van der Waals surface area contributed by atoms with Crippen molar-refractivity contribution in [2.24, 2.45) is 7.05 Å². The average Bonchev–Trinajstić information content (AvgIpc) is 2.94. The second kappa shape index (κ2) is 5.50. The van der Waals surface area contributed by atoms with Crippen molar-refractivity contribution in [3.05, 3.63) is 52.4 Å². The Labute approximate surface area is 134 Å². The molecule has 0 aliphatic rings. The number of rotatable bonds is 3. The topological polar surface area (TPSA) is 47.7 Å². The summed E-state index contributed by atoms with van der Waals surface area (Å²) < 4.78 is 3.72. The zero-order valence-corrected chi connectivity index (χ0v) is 13.8. The third-order valence-corrected chi connectivity index (χ3v) is 3.88. The Morgan fingerprint density at radius 2 is 1.86 bits per heavy atom. The van der Waals surface area contributed by atoms with Crippen LogP contribution in [0.1, 0.15) is 17.1 Å². The molecule has 6 heteroatoms. The van der Waals surface area contributed by atoms with Gasteiger partial charge in [-0.2, -0.15) is 10.2 Å². The maximum absolute atomic E-state index is 6.09. The lowest BCUT2D eigenvalue weighted by Gasteiger charge is -2.10. The van der Waals surface area contributed by atoms with Gasteiger partial charge < -0.3 is 5.32 Å². The van der Waals surface area contributed by atoms with E-state index in [-0.39, 0.29) is 0 Å². The van der Waals surface area contributed by atoms with Gasteiger partial charge >= 0.3 is 0 Å². The molecule has 0 amide bonds. The van der Waals surface area contributed by atoms with E-state index in [1.54, 1.807) is 0 Å². The minimum Gasteiger partial charge on any atom is -0.337 e.